The molecule has 3 rings (SSSR count). The highest BCUT2D eigenvalue weighted by atomic mass is 32.2. The van der Waals surface area contributed by atoms with Gasteiger partial charge in [-0.3, -0.25) is 0 Å². The second-order valence-corrected chi connectivity index (χ2v) is 9.91. The van der Waals surface area contributed by atoms with Crippen LogP contribution in [0.2, 0.25) is 0 Å². The van der Waals surface area contributed by atoms with Crippen LogP contribution in [-0.4, -0.2) is 40.0 Å². The first-order valence-corrected chi connectivity index (χ1v) is 12.3. The first kappa shape index (κ1) is 26.5. The van der Waals surface area contributed by atoms with Gasteiger partial charge in [-0.1, -0.05) is 42.1 Å². The zero-order valence-corrected chi connectivity index (χ0v) is 21.3. The van der Waals surface area contributed by atoms with Crippen LogP contribution in [0.5, 0.6) is 5.75 Å². The lowest BCUT2D eigenvalue weighted by Crippen LogP contribution is -2.33. The number of aromatic hydroxyl groups is 1. The Bertz CT molecular complexity index is 1150. The van der Waals surface area contributed by atoms with Crippen LogP contribution in [0.3, 0.4) is 0 Å². The van der Waals surface area contributed by atoms with Crippen molar-refractivity contribution in [3.8, 4) is 5.75 Å². The third kappa shape index (κ3) is 7.21. The Hall–Kier alpha value is -3.07. The number of carbonyl (C=O) groups is 1. The van der Waals surface area contributed by atoms with Gasteiger partial charge in [0.1, 0.15) is 22.1 Å². The number of esters is 1. The van der Waals surface area contributed by atoms with Crippen LogP contribution in [0.15, 0.2) is 69.8 Å². The van der Waals surface area contributed by atoms with E-state index in [2.05, 4.69) is 4.99 Å². The Morgan fingerprint density at radius 2 is 1.91 bits per heavy atom. The Kier molecular flexibility index (Phi) is 8.77. The number of thioether (sulfide) groups is 1. The smallest absolute Gasteiger partial charge is 0.344 e. The number of ether oxygens (including phenoxy) is 2. The van der Waals surface area contributed by atoms with E-state index in [-0.39, 0.29) is 35.3 Å². The van der Waals surface area contributed by atoms with Gasteiger partial charge in [0.15, 0.2) is 0 Å². The molecule has 0 aromatic heterocycles. The number of hydrogen-bond donors (Lipinski definition) is 3. The van der Waals surface area contributed by atoms with Crippen LogP contribution in [0.1, 0.15) is 51.3 Å². The number of phenols is 1. The maximum absolute atomic E-state index is 12.6. The number of benzene rings is 2. The van der Waals surface area contributed by atoms with E-state index < -0.39 is 5.97 Å². The highest BCUT2D eigenvalue weighted by Crippen LogP contribution is 2.40. The number of aliphatic hydroxyl groups is 1. The van der Waals surface area contributed by atoms with E-state index in [4.69, 9.17) is 15.2 Å². The van der Waals surface area contributed by atoms with E-state index >= 15 is 0 Å². The van der Waals surface area contributed by atoms with E-state index in [1.807, 2.05) is 57.2 Å². The van der Waals surface area contributed by atoms with E-state index in [1.54, 1.807) is 25.1 Å². The molecule has 0 aliphatic carbocycles. The number of rotatable bonds is 9. The number of aliphatic imine (C=N–C) groups is 1. The molecule has 2 aromatic rings. The highest BCUT2D eigenvalue weighted by molar-refractivity contribution is 8.18. The number of nitrogens with two attached hydrogens (primary N) is 1. The molecule has 1 unspecified atom stereocenters. The zero-order valence-electron chi connectivity index (χ0n) is 20.4. The fraction of sp³-hybridized carbons (Fsp3) is 0.333. The van der Waals surface area contributed by atoms with Crippen molar-refractivity contribution < 1.29 is 24.5 Å². The average molecular weight is 497 g/mol. The summed E-state index contributed by atoms with van der Waals surface area (Å²) in [5, 5.41) is 21.8. The molecule has 7 nitrogen and oxygen atoms in total. The summed E-state index contributed by atoms with van der Waals surface area (Å²) < 4.78 is 11.0. The summed E-state index contributed by atoms with van der Waals surface area (Å²) in [7, 11) is 0. The average Bonchev–Trinajstić information content (AvgIpc) is 3.08. The summed E-state index contributed by atoms with van der Waals surface area (Å²) in [6, 6.07) is 14.4. The molecule has 186 valence electrons. The number of para-hydroxylation sites is 1. The van der Waals surface area contributed by atoms with E-state index in [1.165, 1.54) is 11.8 Å². The molecule has 0 radical (unpaired) electrons. The van der Waals surface area contributed by atoms with E-state index in [0.29, 0.717) is 39.8 Å². The van der Waals surface area contributed by atoms with Crippen molar-refractivity contribution in [1.82, 2.24) is 0 Å². The fourth-order valence-electron chi connectivity index (χ4n) is 3.35. The van der Waals surface area contributed by atoms with Crippen LogP contribution in [0, 0.1) is 0 Å². The minimum Gasteiger partial charge on any atom is -0.508 e. The molecule has 1 heterocycles. The van der Waals surface area contributed by atoms with Gasteiger partial charge in [-0.2, -0.15) is 0 Å². The lowest BCUT2D eigenvalue weighted by atomic mass is 10.0. The standard InChI is InChI=1S/C27H32N2O5S/c1-5-33-26(32)23-24(31)22(35-25(23)29-19-9-7-6-8-10-19)16-18-11-12-20(21(30)15-18)17(2)34-14-13-27(3,4)28/h6-12,15-17,30-31H,5,13-14,28H2,1-4H3/b22-16-,29-25?. The van der Waals surface area contributed by atoms with Crippen LogP contribution in [0.25, 0.3) is 6.08 Å². The van der Waals surface area contributed by atoms with Crippen molar-refractivity contribution in [3.63, 3.8) is 0 Å². The number of carbonyl (C=O) groups excluding carboxylic acids is 1. The Morgan fingerprint density at radius 1 is 1.20 bits per heavy atom. The molecule has 35 heavy (non-hydrogen) atoms. The van der Waals surface area contributed by atoms with Crippen LogP contribution in [0.4, 0.5) is 5.69 Å². The third-order valence-corrected chi connectivity index (χ3v) is 6.28. The third-order valence-electron chi connectivity index (χ3n) is 5.26. The first-order valence-electron chi connectivity index (χ1n) is 11.5. The molecule has 0 fully saturated rings. The molecule has 0 spiro atoms. The minimum atomic E-state index is -0.639. The van der Waals surface area contributed by atoms with Crippen LogP contribution in [-0.2, 0) is 14.3 Å². The molecule has 0 saturated carbocycles. The van der Waals surface area contributed by atoms with E-state index in [0.717, 1.165) is 0 Å². The van der Waals surface area contributed by atoms with Gasteiger partial charge in [-0.25, -0.2) is 9.79 Å². The van der Waals surface area contributed by atoms with Crippen molar-refractivity contribution in [2.24, 2.45) is 10.7 Å². The molecular weight excluding hydrogens is 464 g/mol. The fourth-order valence-corrected chi connectivity index (χ4v) is 4.38. The van der Waals surface area contributed by atoms with Gasteiger partial charge < -0.3 is 25.4 Å². The normalized spacial score (nSPS) is 17.3. The SMILES string of the molecule is CCOC(=O)C1=C(O)/C(=C/c2ccc(C(C)OCCC(C)(C)N)c(O)c2)SC1=Nc1ccccc1. The lowest BCUT2D eigenvalue weighted by Gasteiger charge is -2.21. The Balaban J connectivity index is 1.85. The van der Waals surface area contributed by atoms with Crippen molar-refractivity contribution in [2.45, 2.75) is 45.8 Å². The summed E-state index contributed by atoms with van der Waals surface area (Å²) in [6.07, 6.45) is 2.08. The summed E-state index contributed by atoms with van der Waals surface area (Å²) in [5.41, 5.74) is 7.66. The number of nitrogens with zero attached hydrogens (tertiary/aromatic N) is 1. The maximum Gasteiger partial charge on any atom is 0.344 e. The Labute approximate surface area is 210 Å². The second kappa shape index (κ2) is 11.6. The van der Waals surface area contributed by atoms with Crippen LogP contribution < -0.4 is 5.73 Å². The number of hydrogen-bond acceptors (Lipinski definition) is 8. The molecule has 0 saturated heterocycles. The summed E-state index contributed by atoms with van der Waals surface area (Å²) in [6.45, 7) is 8.11. The van der Waals surface area contributed by atoms with E-state index in [9.17, 15) is 15.0 Å². The predicted molar refractivity (Wildman–Crippen MR) is 141 cm³/mol. The van der Waals surface area contributed by atoms with Gasteiger partial charge in [0.25, 0.3) is 0 Å². The largest absolute Gasteiger partial charge is 0.508 e. The van der Waals surface area contributed by atoms with Crippen molar-refractivity contribution in [1.29, 1.82) is 0 Å². The summed E-state index contributed by atoms with van der Waals surface area (Å²) in [5.74, 6) is -0.762. The lowest BCUT2D eigenvalue weighted by molar-refractivity contribution is -0.138. The molecular formula is C27H32N2O5S. The van der Waals surface area contributed by atoms with Gasteiger partial charge in [0.2, 0.25) is 0 Å². The minimum absolute atomic E-state index is 0.0256. The molecule has 8 heteroatoms. The topological polar surface area (TPSA) is 114 Å². The quantitative estimate of drug-likeness (QED) is 0.376. The molecule has 1 aliphatic heterocycles. The van der Waals surface area contributed by atoms with Gasteiger partial charge in [-0.15, -0.1) is 0 Å². The molecule has 1 atom stereocenters. The van der Waals surface area contributed by atoms with Gasteiger partial charge in [0, 0.05) is 17.7 Å². The van der Waals surface area contributed by atoms with Gasteiger partial charge in [-0.05, 0) is 64.0 Å². The van der Waals surface area contributed by atoms with Gasteiger partial charge >= 0.3 is 5.97 Å². The summed E-state index contributed by atoms with van der Waals surface area (Å²) in [4.78, 5) is 17.5. The predicted octanol–water partition coefficient (Wildman–Crippen LogP) is 5.79. The molecule has 1 aliphatic rings. The second-order valence-electron chi connectivity index (χ2n) is 8.88. The molecule has 0 amide bonds. The first-order chi connectivity index (χ1) is 16.6. The molecule has 0 bridgehead atoms. The Morgan fingerprint density at radius 3 is 2.54 bits per heavy atom. The highest BCUT2D eigenvalue weighted by Gasteiger charge is 2.33. The van der Waals surface area contributed by atoms with Gasteiger partial charge in [0.05, 0.1) is 23.3 Å². The summed E-state index contributed by atoms with van der Waals surface area (Å²) >= 11 is 1.17. The maximum atomic E-state index is 12.6. The number of aliphatic hydroxyl groups excluding tert-OH is 1. The molecule has 2 aromatic carbocycles. The van der Waals surface area contributed by atoms with Crippen molar-refractivity contribution in [3.05, 3.63) is 75.9 Å². The zero-order chi connectivity index (χ0) is 25.6. The molecule has 4 N–H and O–H groups in total. The van der Waals surface area contributed by atoms with Crippen molar-refractivity contribution >= 4 is 34.5 Å². The number of phenolic OH excluding ortho intramolecular Hbond substituents is 1. The van der Waals surface area contributed by atoms with Crippen molar-refractivity contribution in [2.75, 3.05) is 13.2 Å². The van der Waals surface area contributed by atoms with Crippen LogP contribution >= 0.6 is 11.8 Å². The monoisotopic (exact) mass is 496 g/mol.